The highest BCUT2D eigenvalue weighted by atomic mass is 32.2. The fraction of sp³-hybridized carbons (Fsp3) is 0.211. The first-order valence-corrected chi connectivity index (χ1v) is 10.3. The molecule has 0 atom stereocenters. The van der Waals surface area contributed by atoms with Crippen molar-refractivity contribution in [1.29, 1.82) is 0 Å². The highest BCUT2D eigenvalue weighted by molar-refractivity contribution is 7.92. The van der Waals surface area contributed by atoms with Gasteiger partial charge in [-0.05, 0) is 43.3 Å². The van der Waals surface area contributed by atoms with Crippen molar-refractivity contribution in [3.8, 4) is 5.75 Å². The van der Waals surface area contributed by atoms with Crippen LogP contribution in [0.15, 0.2) is 47.4 Å². The summed E-state index contributed by atoms with van der Waals surface area (Å²) in [5.74, 6) is -2.25. The molecule has 1 aliphatic rings. The molecule has 0 unspecified atom stereocenters. The normalized spacial score (nSPS) is 13.2. The molecule has 1 heterocycles. The largest absolute Gasteiger partial charge is 0.482 e. The van der Waals surface area contributed by atoms with E-state index in [1.165, 1.54) is 36.4 Å². The highest BCUT2D eigenvalue weighted by Gasteiger charge is 2.29. The van der Waals surface area contributed by atoms with Gasteiger partial charge in [0.1, 0.15) is 12.3 Å². The summed E-state index contributed by atoms with van der Waals surface area (Å²) in [7, 11) is -4.11. The molecule has 10 nitrogen and oxygen atoms in total. The van der Waals surface area contributed by atoms with E-state index >= 15 is 0 Å². The lowest BCUT2D eigenvalue weighted by atomic mass is 10.2. The van der Waals surface area contributed by atoms with Crippen LogP contribution in [0.3, 0.4) is 0 Å². The predicted octanol–water partition coefficient (Wildman–Crippen LogP) is 1.47. The molecule has 0 aliphatic carbocycles. The Morgan fingerprint density at radius 2 is 2.00 bits per heavy atom. The minimum Gasteiger partial charge on any atom is -0.482 e. The van der Waals surface area contributed by atoms with Crippen molar-refractivity contribution in [3.63, 3.8) is 0 Å². The van der Waals surface area contributed by atoms with Gasteiger partial charge in [0.2, 0.25) is 0 Å². The van der Waals surface area contributed by atoms with Gasteiger partial charge >= 0.3 is 11.9 Å². The van der Waals surface area contributed by atoms with Crippen LogP contribution in [0.1, 0.15) is 17.3 Å². The summed E-state index contributed by atoms with van der Waals surface area (Å²) in [6.07, 6.45) is 0. The van der Waals surface area contributed by atoms with E-state index in [9.17, 15) is 22.8 Å². The van der Waals surface area contributed by atoms with E-state index in [4.69, 9.17) is 14.6 Å². The second-order valence-electron chi connectivity index (χ2n) is 6.20. The average Bonchev–Trinajstić information content (AvgIpc) is 2.69. The number of rotatable bonds is 7. The van der Waals surface area contributed by atoms with Crippen molar-refractivity contribution < 1.29 is 37.4 Å². The summed E-state index contributed by atoms with van der Waals surface area (Å²) in [6.45, 7) is 0.860. The number of fused-ring (bicyclic) bond motifs is 1. The molecule has 1 amide bonds. The Morgan fingerprint density at radius 3 is 2.70 bits per heavy atom. The molecular weight excluding hydrogens is 416 g/mol. The molecule has 1 aliphatic heterocycles. The van der Waals surface area contributed by atoms with E-state index in [0.29, 0.717) is 0 Å². The molecular formula is C19H18N2O8S. The standard InChI is InChI=1S/C19H18N2O8S/c1-2-28-19(25)12-4-3-5-13(8-12)20-30(26,27)14-6-7-16-15(9-14)21(10-18(23)24)17(22)11-29-16/h3-9,20H,2,10-11H2,1H3,(H,23,24). The maximum Gasteiger partial charge on any atom is 0.338 e. The van der Waals surface area contributed by atoms with Crippen molar-refractivity contribution >= 4 is 39.2 Å². The molecule has 0 bridgehead atoms. The van der Waals surface area contributed by atoms with Gasteiger partial charge in [-0.1, -0.05) is 6.07 Å². The van der Waals surface area contributed by atoms with Crippen LogP contribution in [-0.4, -0.2) is 51.1 Å². The Balaban J connectivity index is 1.91. The molecule has 0 aromatic heterocycles. The SMILES string of the molecule is CCOC(=O)c1cccc(NS(=O)(=O)c2ccc3c(c2)N(CC(=O)O)C(=O)CO3)c1. The van der Waals surface area contributed by atoms with Gasteiger partial charge in [-0.2, -0.15) is 0 Å². The van der Waals surface area contributed by atoms with E-state index in [2.05, 4.69) is 4.72 Å². The maximum atomic E-state index is 12.8. The molecule has 158 valence electrons. The monoisotopic (exact) mass is 434 g/mol. The third-order valence-electron chi connectivity index (χ3n) is 4.10. The molecule has 3 rings (SSSR count). The average molecular weight is 434 g/mol. The minimum atomic E-state index is -4.11. The van der Waals surface area contributed by atoms with E-state index < -0.39 is 34.4 Å². The number of amides is 1. The molecule has 2 aromatic rings. The summed E-state index contributed by atoms with van der Waals surface area (Å²) in [5, 5.41) is 9.04. The van der Waals surface area contributed by atoms with E-state index in [1.54, 1.807) is 6.92 Å². The molecule has 2 aromatic carbocycles. The minimum absolute atomic E-state index is 0.0387. The third kappa shape index (κ3) is 4.51. The molecule has 0 fully saturated rings. The summed E-state index contributed by atoms with van der Waals surface area (Å²) >= 11 is 0. The van der Waals surface area contributed by atoms with E-state index in [1.807, 2.05) is 0 Å². The van der Waals surface area contributed by atoms with Gasteiger partial charge in [-0.25, -0.2) is 13.2 Å². The number of nitrogens with zero attached hydrogens (tertiary/aromatic N) is 1. The Labute approximate surface area is 172 Å². The number of sulfonamides is 1. The number of hydrogen-bond donors (Lipinski definition) is 2. The van der Waals surface area contributed by atoms with Gasteiger partial charge < -0.3 is 14.6 Å². The highest BCUT2D eigenvalue weighted by Crippen LogP contribution is 2.34. The van der Waals surface area contributed by atoms with Crippen LogP contribution >= 0.6 is 0 Å². The molecule has 0 spiro atoms. The lowest BCUT2D eigenvalue weighted by molar-refractivity contribution is -0.137. The maximum absolute atomic E-state index is 12.8. The summed E-state index contributed by atoms with van der Waals surface area (Å²) in [4.78, 5) is 35.7. The lowest BCUT2D eigenvalue weighted by Crippen LogP contribution is -2.42. The van der Waals surface area contributed by atoms with Crippen LogP contribution in [0.25, 0.3) is 0 Å². The molecule has 0 saturated carbocycles. The first kappa shape index (κ1) is 21.1. The van der Waals surface area contributed by atoms with Crippen molar-refractivity contribution in [3.05, 3.63) is 48.0 Å². The zero-order valence-corrected chi connectivity index (χ0v) is 16.6. The van der Waals surface area contributed by atoms with Crippen LogP contribution in [0, 0.1) is 0 Å². The van der Waals surface area contributed by atoms with Crippen molar-refractivity contribution in [2.45, 2.75) is 11.8 Å². The summed E-state index contributed by atoms with van der Waals surface area (Å²) in [5.41, 5.74) is 0.346. The number of anilines is 2. The van der Waals surface area contributed by atoms with Gasteiger partial charge in [0.05, 0.1) is 22.8 Å². The number of esters is 1. The number of carboxylic acid groups (broad SMARTS) is 1. The van der Waals surface area contributed by atoms with Gasteiger partial charge in [-0.3, -0.25) is 19.2 Å². The number of ether oxygens (including phenoxy) is 2. The summed E-state index contributed by atoms with van der Waals surface area (Å²) in [6, 6.07) is 9.55. The smallest absolute Gasteiger partial charge is 0.338 e. The molecule has 0 radical (unpaired) electrons. The number of benzene rings is 2. The molecule has 2 N–H and O–H groups in total. The Bertz CT molecular complexity index is 1110. The van der Waals surface area contributed by atoms with Crippen LogP contribution < -0.4 is 14.4 Å². The Hall–Kier alpha value is -3.60. The molecule has 0 saturated heterocycles. The summed E-state index contributed by atoms with van der Waals surface area (Å²) < 4.78 is 38.1. The quantitative estimate of drug-likeness (QED) is 0.625. The lowest BCUT2D eigenvalue weighted by Gasteiger charge is -2.28. The van der Waals surface area contributed by atoms with Gasteiger partial charge in [0, 0.05) is 5.69 Å². The number of nitrogens with one attached hydrogen (secondary N) is 1. The third-order valence-corrected chi connectivity index (χ3v) is 5.48. The fourth-order valence-electron chi connectivity index (χ4n) is 2.80. The number of carbonyl (C=O) groups excluding carboxylic acids is 2. The van der Waals surface area contributed by atoms with Gasteiger partial charge in [0.15, 0.2) is 6.61 Å². The zero-order valence-electron chi connectivity index (χ0n) is 15.8. The first-order chi connectivity index (χ1) is 14.2. The van der Waals surface area contributed by atoms with Gasteiger partial charge in [-0.15, -0.1) is 0 Å². The number of carboxylic acids is 1. The van der Waals surface area contributed by atoms with E-state index in [0.717, 1.165) is 11.0 Å². The second kappa shape index (κ2) is 8.41. The van der Waals surface area contributed by atoms with E-state index in [-0.39, 0.29) is 40.8 Å². The molecule has 11 heteroatoms. The van der Waals surface area contributed by atoms with Crippen LogP contribution in [-0.2, 0) is 24.3 Å². The molecule has 30 heavy (non-hydrogen) atoms. The number of aliphatic carboxylic acids is 1. The van der Waals surface area contributed by atoms with Crippen molar-refractivity contribution in [2.24, 2.45) is 0 Å². The number of hydrogen-bond acceptors (Lipinski definition) is 7. The predicted molar refractivity (Wildman–Crippen MR) is 105 cm³/mol. The van der Waals surface area contributed by atoms with Crippen LogP contribution in [0.4, 0.5) is 11.4 Å². The Kier molecular flexibility index (Phi) is 5.92. The van der Waals surface area contributed by atoms with Crippen molar-refractivity contribution in [1.82, 2.24) is 0 Å². The zero-order chi connectivity index (χ0) is 21.9. The van der Waals surface area contributed by atoms with Gasteiger partial charge in [0.25, 0.3) is 15.9 Å². The number of carbonyl (C=O) groups is 3. The van der Waals surface area contributed by atoms with Crippen molar-refractivity contribution in [2.75, 3.05) is 29.4 Å². The second-order valence-corrected chi connectivity index (χ2v) is 7.88. The topological polar surface area (TPSA) is 139 Å². The van der Waals surface area contributed by atoms with Crippen LogP contribution in [0.2, 0.25) is 0 Å². The first-order valence-electron chi connectivity index (χ1n) is 8.80. The van der Waals surface area contributed by atoms with Crippen LogP contribution in [0.5, 0.6) is 5.75 Å². The Morgan fingerprint density at radius 1 is 1.23 bits per heavy atom. The fourth-order valence-corrected chi connectivity index (χ4v) is 3.86.